The molecular formula is C28H31F5N6O. The normalized spacial score (nSPS) is 19.6. The zero-order valence-electron chi connectivity index (χ0n) is 21.9. The summed E-state index contributed by atoms with van der Waals surface area (Å²) in [5, 5.41) is 0.706. The topological polar surface area (TPSA) is 88.2 Å². The van der Waals surface area contributed by atoms with E-state index in [1.807, 2.05) is 18.2 Å². The van der Waals surface area contributed by atoms with Gasteiger partial charge in [-0.1, -0.05) is 12.1 Å². The molecule has 0 saturated carbocycles. The van der Waals surface area contributed by atoms with Crippen LogP contribution in [0.5, 0.6) is 0 Å². The first-order valence-electron chi connectivity index (χ1n) is 13.4. The zero-order valence-corrected chi connectivity index (χ0v) is 21.9. The molecule has 7 nitrogen and oxygen atoms in total. The monoisotopic (exact) mass is 562 g/mol. The van der Waals surface area contributed by atoms with Crippen LogP contribution >= 0.6 is 0 Å². The highest BCUT2D eigenvalue weighted by molar-refractivity contribution is 6.07. The molecule has 3 aromatic rings. The number of piperidine rings is 2. The first-order chi connectivity index (χ1) is 19.0. The summed E-state index contributed by atoms with van der Waals surface area (Å²) in [6.45, 7) is 1.73. The van der Waals surface area contributed by atoms with Gasteiger partial charge in [0.1, 0.15) is 5.82 Å². The molecule has 2 saturated heterocycles. The van der Waals surface area contributed by atoms with Gasteiger partial charge < -0.3 is 10.6 Å². The largest absolute Gasteiger partial charge is 0.451 e. The van der Waals surface area contributed by atoms with E-state index in [0.29, 0.717) is 22.0 Å². The average molecular weight is 563 g/mol. The van der Waals surface area contributed by atoms with Gasteiger partial charge >= 0.3 is 6.18 Å². The van der Waals surface area contributed by atoms with Crippen molar-refractivity contribution < 1.29 is 26.7 Å². The smallest absolute Gasteiger partial charge is 0.356 e. The Hall–Kier alpha value is -3.25. The molecule has 0 radical (unpaired) electrons. The van der Waals surface area contributed by atoms with Crippen molar-refractivity contribution in [1.29, 1.82) is 0 Å². The minimum atomic E-state index is -4.69. The van der Waals surface area contributed by atoms with Crippen LogP contribution in [-0.2, 0) is 6.18 Å². The molecule has 0 aliphatic carbocycles. The van der Waals surface area contributed by atoms with Gasteiger partial charge in [-0.25, -0.2) is 23.7 Å². The van der Waals surface area contributed by atoms with Crippen LogP contribution in [0.3, 0.4) is 0 Å². The van der Waals surface area contributed by atoms with Crippen molar-refractivity contribution in [1.82, 2.24) is 19.9 Å². The fourth-order valence-electron chi connectivity index (χ4n) is 5.47. The van der Waals surface area contributed by atoms with Gasteiger partial charge in [0.25, 0.3) is 5.92 Å². The van der Waals surface area contributed by atoms with Gasteiger partial charge in [-0.15, -0.1) is 0 Å². The van der Waals surface area contributed by atoms with Crippen molar-refractivity contribution in [3.05, 3.63) is 59.7 Å². The van der Waals surface area contributed by atoms with Crippen molar-refractivity contribution in [2.45, 2.75) is 62.7 Å². The molecule has 2 aromatic heterocycles. The Balaban J connectivity index is 1.34. The molecule has 1 atom stereocenters. The molecule has 0 spiro atoms. The van der Waals surface area contributed by atoms with E-state index in [4.69, 9.17) is 10.7 Å². The highest BCUT2D eigenvalue weighted by Gasteiger charge is 2.38. The Labute approximate surface area is 228 Å². The third kappa shape index (κ3) is 6.38. The number of benzene rings is 1. The highest BCUT2D eigenvalue weighted by Crippen LogP contribution is 2.35. The van der Waals surface area contributed by atoms with Crippen LogP contribution in [0.25, 0.3) is 10.9 Å². The van der Waals surface area contributed by atoms with Crippen LogP contribution in [0.2, 0.25) is 0 Å². The van der Waals surface area contributed by atoms with E-state index in [9.17, 15) is 26.7 Å². The number of carbonyl (C=O) groups excluding carboxylic acids is 1. The second kappa shape index (κ2) is 11.3. The number of aromatic nitrogens is 3. The number of nitrogens with zero attached hydrogens (tertiary/aromatic N) is 5. The molecule has 2 N–H and O–H groups in total. The van der Waals surface area contributed by atoms with E-state index in [1.165, 1.54) is 0 Å². The number of likely N-dealkylation sites (tertiary alicyclic amines) is 1. The molecule has 4 heterocycles. The Kier molecular flexibility index (Phi) is 8.01. The molecule has 1 unspecified atom stereocenters. The number of nitrogens with two attached hydrogens (primary N) is 1. The molecule has 0 bridgehead atoms. The highest BCUT2D eigenvalue weighted by atomic mass is 19.4. The van der Waals surface area contributed by atoms with Crippen molar-refractivity contribution in [3.8, 4) is 0 Å². The number of carbonyl (C=O) groups is 1. The molecule has 2 aliphatic rings. The van der Waals surface area contributed by atoms with E-state index in [1.54, 1.807) is 17.0 Å². The van der Waals surface area contributed by atoms with E-state index in [2.05, 4.69) is 14.9 Å². The van der Waals surface area contributed by atoms with Crippen LogP contribution in [0.1, 0.15) is 66.3 Å². The van der Waals surface area contributed by atoms with Gasteiger partial charge in [0.2, 0.25) is 5.82 Å². The lowest BCUT2D eigenvalue weighted by molar-refractivity contribution is -0.145. The Morgan fingerprint density at radius 3 is 2.35 bits per heavy atom. The summed E-state index contributed by atoms with van der Waals surface area (Å²) in [5.41, 5.74) is 7.55. The summed E-state index contributed by atoms with van der Waals surface area (Å²) < 4.78 is 66.7. The summed E-state index contributed by atoms with van der Waals surface area (Å²) in [4.78, 5) is 29.1. The maximum absolute atomic E-state index is 13.8. The summed E-state index contributed by atoms with van der Waals surface area (Å²) in [6, 6.07) is 8.74. The fraction of sp³-hybridized carbons (Fsp3) is 0.500. The Morgan fingerprint density at radius 2 is 1.70 bits per heavy atom. The standard InChI is InChI=1S/C28H31F5N6O/c29-27(30)10-14-38(15-11-27)23(18-16-35-26(36-17-18)28(31,32)33)5-6-24(40)21-2-1-3-22-20(21)4-7-25(37-22)39-12-8-19(34)9-13-39/h1-4,7,16-17,19,23H,5-6,8-15,34H2. The third-order valence-electron chi connectivity index (χ3n) is 7.81. The van der Waals surface area contributed by atoms with E-state index in [-0.39, 0.29) is 50.6 Å². The molecular weight excluding hydrogens is 531 g/mol. The molecule has 0 amide bonds. The Morgan fingerprint density at radius 1 is 1.02 bits per heavy atom. The predicted octanol–water partition coefficient (Wildman–Crippen LogP) is 5.41. The molecule has 2 aliphatic heterocycles. The van der Waals surface area contributed by atoms with Gasteiger partial charge in [0.15, 0.2) is 5.78 Å². The number of anilines is 1. The van der Waals surface area contributed by atoms with E-state index >= 15 is 0 Å². The van der Waals surface area contributed by atoms with Crippen LogP contribution < -0.4 is 10.6 Å². The first-order valence-corrected chi connectivity index (χ1v) is 13.4. The number of fused-ring (bicyclic) bond motifs is 1. The minimum absolute atomic E-state index is 0.0508. The van der Waals surface area contributed by atoms with Crippen LogP contribution in [0.15, 0.2) is 42.7 Å². The maximum Gasteiger partial charge on any atom is 0.451 e. The fourth-order valence-corrected chi connectivity index (χ4v) is 5.47. The van der Waals surface area contributed by atoms with Gasteiger partial charge in [0, 0.05) is 86.4 Å². The van der Waals surface area contributed by atoms with Crippen molar-refractivity contribution >= 4 is 22.5 Å². The number of alkyl halides is 5. The number of ketones is 1. The number of halogens is 5. The summed E-state index contributed by atoms with van der Waals surface area (Å²) in [5.74, 6) is -3.40. The molecule has 12 heteroatoms. The van der Waals surface area contributed by atoms with Crippen LogP contribution in [0.4, 0.5) is 27.8 Å². The lowest BCUT2D eigenvalue weighted by Gasteiger charge is -2.37. The second-order valence-corrected chi connectivity index (χ2v) is 10.6. The van der Waals surface area contributed by atoms with E-state index in [0.717, 1.165) is 44.1 Å². The van der Waals surface area contributed by atoms with Gasteiger partial charge in [0.05, 0.1) is 5.52 Å². The van der Waals surface area contributed by atoms with Crippen LogP contribution in [-0.4, -0.2) is 63.8 Å². The quantitative estimate of drug-likeness (QED) is 0.305. The van der Waals surface area contributed by atoms with Crippen LogP contribution in [0, 0.1) is 0 Å². The molecule has 1 aromatic carbocycles. The molecule has 40 heavy (non-hydrogen) atoms. The molecule has 2 fully saturated rings. The SMILES string of the molecule is NC1CCN(c2ccc3c(C(=O)CCC(c4cnc(C(F)(F)F)nc4)N4CCC(F)(F)CC4)cccc3n2)CC1. The molecule has 5 rings (SSSR count). The Bertz CT molecular complexity index is 1330. The zero-order chi connectivity index (χ0) is 28.5. The molecule has 214 valence electrons. The second-order valence-electron chi connectivity index (χ2n) is 10.6. The predicted molar refractivity (Wildman–Crippen MR) is 140 cm³/mol. The van der Waals surface area contributed by atoms with Crippen molar-refractivity contribution in [3.63, 3.8) is 0 Å². The van der Waals surface area contributed by atoms with Crippen molar-refractivity contribution in [2.24, 2.45) is 5.73 Å². The van der Waals surface area contributed by atoms with Crippen molar-refractivity contribution in [2.75, 3.05) is 31.1 Å². The first kappa shape index (κ1) is 28.3. The lowest BCUT2D eigenvalue weighted by Crippen LogP contribution is -2.41. The van der Waals surface area contributed by atoms with E-state index < -0.39 is 24.0 Å². The number of hydrogen-bond acceptors (Lipinski definition) is 7. The number of rotatable bonds is 7. The summed E-state index contributed by atoms with van der Waals surface area (Å²) >= 11 is 0. The van der Waals surface area contributed by atoms with Gasteiger partial charge in [-0.3, -0.25) is 9.69 Å². The lowest BCUT2D eigenvalue weighted by atomic mass is 9.94. The minimum Gasteiger partial charge on any atom is -0.356 e. The maximum atomic E-state index is 13.8. The number of pyridine rings is 1. The van der Waals surface area contributed by atoms with Gasteiger partial charge in [-0.05, 0) is 37.5 Å². The number of Topliss-reactive ketones (excluding diaryl/α,β-unsaturated/α-hetero) is 1. The van der Waals surface area contributed by atoms with Gasteiger partial charge in [-0.2, -0.15) is 13.2 Å². The summed E-state index contributed by atoms with van der Waals surface area (Å²) in [6.07, 6.45) is -1.21. The third-order valence-corrected chi connectivity index (χ3v) is 7.81. The average Bonchev–Trinajstić information content (AvgIpc) is 2.93. The summed E-state index contributed by atoms with van der Waals surface area (Å²) in [7, 11) is 0. The number of hydrogen-bond donors (Lipinski definition) is 1.